The molecule has 0 heterocycles. The number of hydrogen-bond acceptors (Lipinski definition) is 4. The van der Waals surface area contributed by atoms with Gasteiger partial charge in [0.2, 0.25) is 0 Å². The van der Waals surface area contributed by atoms with E-state index in [4.69, 9.17) is 9.47 Å². The Morgan fingerprint density at radius 3 is 1.55 bits per heavy atom. The largest absolute Gasteiger partial charge is 0.463 e. The van der Waals surface area contributed by atoms with E-state index in [0.717, 1.165) is 37.8 Å². The maximum Gasteiger partial charge on any atom is 0.331 e. The van der Waals surface area contributed by atoms with Crippen LogP contribution in [-0.4, -0.2) is 25.2 Å². The standard InChI is InChI=1S/C18H32O4/c1-3-5-7-8-9-10-11-12-16-22-18(20)14-13-17(19)21-15-6-4-2/h13-14H,3-12,15-16H2,1-2H3/b14-13-. The molecule has 4 heteroatoms. The highest BCUT2D eigenvalue weighted by atomic mass is 16.5. The first-order chi connectivity index (χ1) is 10.7. The first kappa shape index (κ1) is 20.7. The summed E-state index contributed by atoms with van der Waals surface area (Å²) < 4.78 is 9.93. The van der Waals surface area contributed by atoms with Crippen LogP contribution in [0.3, 0.4) is 0 Å². The van der Waals surface area contributed by atoms with Gasteiger partial charge in [0.1, 0.15) is 0 Å². The zero-order valence-corrected chi connectivity index (χ0v) is 14.3. The van der Waals surface area contributed by atoms with Crippen LogP contribution in [0.25, 0.3) is 0 Å². The van der Waals surface area contributed by atoms with E-state index in [2.05, 4.69) is 6.92 Å². The number of carbonyl (C=O) groups is 2. The topological polar surface area (TPSA) is 52.6 Å². The molecule has 0 unspecified atom stereocenters. The summed E-state index contributed by atoms with van der Waals surface area (Å²) in [7, 11) is 0. The fourth-order valence-corrected chi connectivity index (χ4v) is 1.96. The van der Waals surface area contributed by atoms with Crippen LogP contribution < -0.4 is 0 Å². The van der Waals surface area contributed by atoms with Crippen molar-refractivity contribution in [1.29, 1.82) is 0 Å². The van der Waals surface area contributed by atoms with Crippen LogP contribution >= 0.6 is 0 Å². The van der Waals surface area contributed by atoms with Crippen LogP contribution in [0.15, 0.2) is 12.2 Å². The van der Waals surface area contributed by atoms with E-state index in [1.807, 2.05) is 6.92 Å². The average molecular weight is 312 g/mol. The van der Waals surface area contributed by atoms with Crippen molar-refractivity contribution in [3.05, 3.63) is 12.2 Å². The molecule has 0 saturated carbocycles. The lowest BCUT2D eigenvalue weighted by atomic mass is 10.1. The molecular weight excluding hydrogens is 280 g/mol. The van der Waals surface area contributed by atoms with Crippen molar-refractivity contribution in [2.45, 2.75) is 78.1 Å². The van der Waals surface area contributed by atoms with Crippen molar-refractivity contribution in [3.63, 3.8) is 0 Å². The van der Waals surface area contributed by atoms with Gasteiger partial charge in [0.05, 0.1) is 13.2 Å². The number of hydrogen-bond donors (Lipinski definition) is 0. The van der Waals surface area contributed by atoms with Crippen molar-refractivity contribution in [2.24, 2.45) is 0 Å². The molecule has 0 radical (unpaired) electrons. The molecule has 0 bridgehead atoms. The zero-order chi connectivity index (χ0) is 16.5. The summed E-state index contributed by atoms with van der Waals surface area (Å²) in [5.41, 5.74) is 0. The van der Waals surface area contributed by atoms with Gasteiger partial charge in [0.25, 0.3) is 0 Å². The fourth-order valence-electron chi connectivity index (χ4n) is 1.96. The van der Waals surface area contributed by atoms with Crippen LogP contribution in [0.2, 0.25) is 0 Å². The summed E-state index contributed by atoms with van der Waals surface area (Å²) in [4.78, 5) is 22.6. The lowest BCUT2D eigenvalue weighted by Gasteiger charge is -2.03. The second-order valence-corrected chi connectivity index (χ2v) is 5.50. The molecule has 0 aromatic heterocycles. The van der Waals surface area contributed by atoms with Crippen molar-refractivity contribution < 1.29 is 19.1 Å². The SMILES string of the molecule is CCCCCCCCCCOC(=O)/C=C\C(=O)OCCCC. The van der Waals surface area contributed by atoms with Gasteiger partial charge in [0.15, 0.2) is 0 Å². The minimum atomic E-state index is -0.488. The molecule has 0 spiro atoms. The molecule has 128 valence electrons. The summed E-state index contributed by atoms with van der Waals surface area (Å²) in [5.74, 6) is -0.965. The van der Waals surface area contributed by atoms with Crippen LogP contribution in [-0.2, 0) is 19.1 Å². The Morgan fingerprint density at radius 1 is 0.636 bits per heavy atom. The Hall–Kier alpha value is -1.32. The Morgan fingerprint density at radius 2 is 1.05 bits per heavy atom. The maximum absolute atomic E-state index is 11.4. The molecule has 0 fully saturated rings. The molecule has 0 aliphatic rings. The van der Waals surface area contributed by atoms with Gasteiger partial charge in [-0.1, -0.05) is 65.2 Å². The molecule has 0 rings (SSSR count). The van der Waals surface area contributed by atoms with Gasteiger partial charge >= 0.3 is 11.9 Å². The smallest absolute Gasteiger partial charge is 0.331 e. The monoisotopic (exact) mass is 312 g/mol. The van der Waals surface area contributed by atoms with E-state index >= 15 is 0 Å². The van der Waals surface area contributed by atoms with Crippen LogP contribution in [0.5, 0.6) is 0 Å². The van der Waals surface area contributed by atoms with Gasteiger partial charge in [-0.25, -0.2) is 9.59 Å². The Balaban J connectivity index is 3.43. The van der Waals surface area contributed by atoms with E-state index < -0.39 is 11.9 Å². The van der Waals surface area contributed by atoms with Crippen LogP contribution in [0.4, 0.5) is 0 Å². The number of rotatable bonds is 14. The average Bonchev–Trinajstić information content (AvgIpc) is 2.51. The Labute approximate surface area is 135 Å². The molecule has 0 aliphatic carbocycles. The van der Waals surface area contributed by atoms with Crippen LogP contribution in [0, 0.1) is 0 Å². The lowest BCUT2D eigenvalue weighted by molar-refractivity contribution is -0.140. The summed E-state index contributed by atoms with van der Waals surface area (Å²) in [6.07, 6.45) is 13.7. The molecule has 0 aromatic rings. The first-order valence-electron chi connectivity index (χ1n) is 8.72. The first-order valence-corrected chi connectivity index (χ1v) is 8.72. The van der Waals surface area contributed by atoms with E-state index in [1.165, 1.54) is 38.5 Å². The van der Waals surface area contributed by atoms with E-state index in [0.29, 0.717) is 13.2 Å². The predicted molar refractivity (Wildman–Crippen MR) is 88.6 cm³/mol. The third kappa shape index (κ3) is 15.1. The van der Waals surface area contributed by atoms with Gasteiger partial charge in [-0.05, 0) is 12.8 Å². The summed E-state index contributed by atoms with van der Waals surface area (Å²) >= 11 is 0. The fraction of sp³-hybridized carbons (Fsp3) is 0.778. The second-order valence-electron chi connectivity index (χ2n) is 5.50. The highest BCUT2D eigenvalue weighted by molar-refractivity contribution is 5.91. The quantitative estimate of drug-likeness (QED) is 0.268. The van der Waals surface area contributed by atoms with Gasteiger partial charge in [0, 0.05) is 12.2 Å². The molecule has 0 N–H and O–H groups in total. The normalized spacial score (nSPS) is 10.8. The minimum Gasteiger partial charge on any atom is -0.463 e. The Kier molecular flexibility index (Phi) is 15.1. The van der Waals surface area contributed by atoms with Crippen molar-refractivity contribution in [1.82, 2.24) is 0 Å². The number of carbonyl (C=O) groups excluding carboxylic acids is 2. The molecule has 22 heavy (non-hydrogen) atoms. The molecule has 0 aliphatic heterocycles. The third-order valence-corrected chi connectivity index (χ3v) is 3.34. The van der Waals surface area contributed by atoms with Gasteiger partial charge in [-0.15, -0.1) is 0 Å². The third-order valence-electron chi connectivity index (χ3n) is 3.34. The van der Waals surface area contributed by atoms with Gasteiger partial charge in [-0.2, -0.15) is 0 Å². The lowest BCUT2D eigenvalue weighted by Crippen LogP contribution is -2.06. The van der Waals surface area contributed by atoms with Crippen molar-refractivity contribution in [3.8, 4) is 0 Å². The summed E-state index contributed by atoms with van der Waals surface area (Å²) in [5, 5.41) is 0. The Bertz CT molecular complexity index is 310. The molecule has 0 amide bonds. The van der Waals surface area contributed by atoms with E-state index in [1.54, 1.807) is 0 Å². The summed E-state index contributed by atoms with van der Waals surface area (Å²) in [6.45, 7) is 5.05. The summed E-state index contributed by atoms with van der Waals surface area (Å²) in [6, 6.07) is 0. The molecule has 4 nitrogen and oxygen atoms in total. The zero-order valence-electron chi connectivity index (χ0n) is 14.3. The van der Waals surface area contributed by atoms with Gasteiger partial charge < -0.3 is 9.47 Å². The number of unbranched alkanes of at least 4 members (excludes halogenated alkanes) is 8. The van der Waals surface area contributed by atoms with Crippen LogP contribution in [0.1, 0.15) is 78.1 Å². The van der Waals surface area contributed by atoms with E-state index in [9.17, 15) is 9.59 Å². The molecule has 0 saturated heterocycles. The highest BCUT2D eigenvalue weighted by Gasteiger charge is 2.00. The predicted octanol–water partition coefficient (Wildman–Crippen LogP) is 4.57. The molecule has 0 aromatic carbocycles. The minimum absolute atomic E-state index is 0.396. The maximum atomic E-state index is 11.4. The molecular formula is C18H32O4. The number of ether oxygens (including phenoxy) is 2. The molecule has 0 atom stereocenters. The number of esters is 2. The van der Waals surface area contributed by atoms with E-state index in [-0.39, 0.29) is 0 Å². The second kappa shape index (κ2) is 16.1. The van der Waals surface area contributed by atoms with Crippen molar-refractivity contribution in [2.75, 3.05) is 13.2 Å². The van der Waals surface area contributed by atoms with Gasteiger partial charge in [-0.3, -0.25) is 0 Å². The highest BCUT2D eigenvalue weighted by Crippen LogP contribution is 2.08. The van der Waals surface area contributed by atoms with Crippen molar-refractivity contribution >= 4 is 11.9 Å².